The zero-order chi connectivity index (χ0) is 31.5. The first-order valence-electron chi connectivity index (χ1n) is 13.7. The van der Waals surface area contributed by atoms with Crippen molar-refractivity contribution in [2.75, 3.05) is 28.3 Å². The fraction of sp³-hybridized carbons (Fsp3) is 0.500. The zero-order valence-electron chi connectivity index (χ0n) is 24.4. The predicted molar refractivity (Wildman–Crippen MR) is 145 cm³/mol. The Labute approximate surface area is 246 Å². The van der Waals surface area contributed by atoms with E-state index in [2.05, 4.69) is 0 Å². The molecular weight excluding hydrogens is 566 g/mol. The van der Waals surface area contributed by atoms with Crippen molar-refractivity contribution >= 4 is 17.5 Å². The SMILES string of the molecule is COC(=O)C1c2cc3c(c(O)c2C(O)CC1(C)O)C(=O)c1c(OC)cc2c(c1C3=O)OC1OC2(C)C(O)C(N(C)C)C1O. The number of fused-ring (bicyclic) bond motifs is 8. The van der Waals surface area contributed by atoms with Crippen molar-refractivity contribution in [3.05, 3.63) is 51.1 Å². The van der Waals surface area contributed by atoms with Crippen LogP contribution in [0.4, 0.5) is 0 Å². The van der Waals surface area contributed by atoms with Gasteiger partial charge in [-0.2, -0.15) is 0 Å². The summed E-state index contributed by atoms with van der Waals surface area (Å²) in [5.41, 5.74) is -4.55. The molecule has 8 atom stereocenters. The average Bonchev–Trinajstić information content (AvgIpc) is 2.92. The van der Waals surface area contributed by atoms with Crippen LogP contribution in [0.15, 0.2) is 12.1 Å². The van der Waals surface area contributed by atoms with E-state index in [-0.39, 0.29) is 51.3 Å². The molecule has 230 valence electrons. The van der Waals surface area contributed by atoms with Gasteiger partial charge in [0.1, 0.15) is 41.0 Å². The minimum Gasteiger partial charge on any atom is -0.507 e. The number of aliphatic hydroxyl groups excluding tert-OH is 3. The highest BCUT2D eigenvalue weighted by molar-refractivity contribution is 6.31. The van der Waals surface area contributed by atoms with Crippen LogP contribution in [0.25, 0.3) is 0 Å². The topological polar surface area (TPSA) is 193 Å². The molecule has 2 aromatic carbocycles. The van der Waals surface area contributed by atoms with Crippen LogP contribution in [0.5, 0.6) is 17.2 Å². The van der Waals surface area contributed by atoms with Gasteiger partial charge in [0.25, 0.3) is 0 Å². The Kier molecular flexibility index (Phi) is 6.48. The molecule has 0 spiro atoms. The molecule has 4 aliphatic rings. The van der Waals surface area contributed by atoms with Gasteiger partial charge < -0.3 is 49.4 Å². The van der Waals surface area contributed by atoms with Gasteiger partial charge in [-0.3, -0.25) is 14.4 Å². The maximum Gasteiger partial charge on any atom is 0.316 e. The number of hydrogen-bond donors (Lipinski definition) is 5. The summed E-state index contributed by atoms with van der Waals surface area (Å²) in [7, 11) is 5.76. The second kappa shape index (κ2) is 9.45. The number of ether oxygens (including phenoxy) is 4. The summed E-state index contributed by atoms with van der Waals surface area (Å²) in [6, 6.07) is 1.81. The third-order valence-corrected chi connectivity index (χ3v) is 9.31. The van der Waals surface area contributed by atoms with Gasteiger partial charge in [0.15, 0.2) is 5.78 Å². The van der Waals surface area contributed by atoms with Crippen molar-refractivity contribution < 1.29 is 58.9 Å². The zero-order valence-corrected chi connectivity index (χ0v) is 24.4. The lowest BCUT2D eigenvalue weighted by molar-refractivity contribution is -0.311. The molecule has 0 saturated carbocycles. The van der Waals surface area contributed by atoms with Crippen molar-refractivity contribution in [1.29, 1.82) is 0 Å². The van der Waals surface area contributed by atoms with Gasteiger partial charge >= 0.3 is 5.97 Å². The summed E-state index contributed by atoms with van der Waals surface area (Å²) < 4.78 is 22.5. The fourth-order valence-electron chi connectivity index (χ4n) is 7.22. The Hall–Kier alpha value is -3.59. The molecule has 8 unspecified atom stereocenters. The predicted octanol–water partition coefficient (Wildman–Crippen LogP) is 0.237. The Morgan fingerprint density at radius 2 is 1.72 bits per heavy atom. The van der Waals surface area contributed by atoms with Crippen molar-refractivity contribution in [3.63, 3.8) is 0 Å². The second-order valence-electron chi connectivity index (χ2n) is 12.1. The monoisotopic (exact) mass is 599 g/mol. The third-order valence-electron chi connectivity index (χ3n) is 9.31. The Balaban J connectivity index is 1.62. The number of phenolic OH excluding ortho intramolecular Hbond substituents is 1. The van der Waals surface area contributed by atoms with E-state index in [0.717, 1.165) is 7.11 Å². The van der Waals surface area contributed by atoms with Crippen LogP contribution < -0.4 is 9.47 Å². The van der Waals surface area contributed by atoms with Gasteiger partial charge in [-0.25, -0.2) is 0 Å². The Morgan fingerprint density at radius 1 is 1.05 bits per heavy atom. The van der Waals surface area contributed by atoms with Crippen molar-refractivity contribution in [3.8, 4) is 17.2 Å². The van der Waals surface area contributed by atoms with E-state index in [1.165, 1.54) is 26.2 Å². The standard InChI is InChI=1S/C30H33NO12/c1-29(39)9-13(32)15-10(19(29)27(38)41-6)7-11-16(22(15)34)23(35)17-14(40-5)8-12-25(18(17)21(11)33)42-28-24(36)20(31(3)4)26(37)30(12,2)43-28/h7-8,13,19-20,24,26,28,32,34,36-37,39H,9H2,1-6H3. The number of nitrogens with zero attached hydrogens (tertiary/aromatic N) is 1. The van der Waals surface area contributed by atoms with Crippen molar-refractivity contribution in [1.82, 2.24) is 4.90 Å². The van der Waals surface area contributed by atoms with E-state index in [0.29, 0.717) is 0 Å². The number of carbonyl (C=O) groups is 3. The van der Waals surface area contributed by atoms with Gasteiger partial charge in [-0.15, -0.1) is 0 Å². The Morgan fingerprint density at radius 3 is 2.33 bits per heavy atom. The number of methoxy groups -OCH3 is 2. The number of benzene rings is 2. The van der Waals surface area contributed by atoms with E-state index in [1.807, 2.05) is 0 Å². The van der Waals surface area contributed by atoms with Gasteiger partial charge in [0, 0.05) is 23.1 Å². The van der Waals surface area contributed by atoms with Gasteiger partial charge in [-0.05, 0) is 45.6 Å². The van der Waals surface area contributed by atoms with Gasteiger partial charge in [-0.1, -0.05) is 0 Å². The highest BCUT2D eigenvalue weighted by Gasteiger charge is 2.59. The number of likely N-dealkylation sites (N-methyl/N-ethyl adjacent to an activating group) is 1. The highest BCUT2D eigenvalue weighted by atomic mass is 16.7. The average molecular weight is 600 g/mol. The number of rotatable bonds is 3. The van der Waals surface area contributed by atoms with Crippen LogP contribution in [-0.4, -0.2) is 106 Å². The number of carbonyl (C=O) groups excluding carboxylic acids is 3. The van der Waals surface area contributed by atoms with E-state index in [9.17, 15) is 39.9 Å². The molecule has 5 N–H and O–H groups in total. The number of aromatic hydroxyl groups is 1. The molecule has 0 aromatic heterocycles. The smallest absolute Gasteiger partial charge is 0.316 e. The lowest BCUT2D eigenvalue weighted by Crippen LogP contribution is -2.68. The van der Waals surface area contributed by atoms with Crippen LogP contribution in [0.3, 0.4) is 0 Å². The fourth-order valence-corrected chi connectivity index (χ4v) is 7.22. The van der Waals surface area contributed by atoms with Crippen LogP contribution in [0.2, 0.25) is 0 Å². The van der Waals surface area contributed by atoms with E-state index < -0.39 is 76.6 Å². The summed E-state index contributed by atoms with van der Waals surface area (Å²) in [6.07, 6.45) is -5.79. The Bertz CT molecular complexity index is 1600. The largest absolute Gasteiger partial charge is 0.507 e. The number of ketones is 2. The molecule has 0 amide bonds. The second-order valence-corrected chi connectivity index (χ2v) is 12.1. The molecule has 1 saturated heterocycles. The van der Waals surface area contributed by atoms with E-state index in [1.54, 1.807) is 25.9 Å². The molecule has 2 aromatic rings. The minimum atomic E-state index is -1.82. The van der Waals surface area contributed by atoms with Gasteiger partial charge in [0.2, 0.25) is 12.1 Å². The van der Waals surface area contributed by atoms with E-state index >= 15 is 0 Å². The third kappa shape index (κ3) is 3.76. The lowest BCUT2D eigenvalue weighted by Gasteiger charge is -2.54. The van der Waals surface area contributed by atoms with Crippen molar-refractivity contribution in [2.45, 2.75) is 68.0 Å². The molecule has 13 heteroatoms. The molecule has 1 fully saturated rings. The number of hydrogen-bond acceptors (Lipinski definition) is 13. The number of esters is 1. The molecule has 43 heavy (non-hydrogen) atoms. The molecule has 2 aliphatic carbocycles. The minimum absolute atomic E-state index is 0.0580. The van der Waals surface area contributed by atoms with Crippen LogP contribution in [0, 0.1) is 0 Å². The molecule has 2 heterocycles. The van der Waals surface area contributed by atoms with Crippen molar-refractivity contribution in [2.24, 2.45) is 0 Å². The molecule has 2 bridgehead atoms. The molecule has 0 radical (unpaired) electrons. The van der Waals surface area contributed by atoms with Crippen LogP contribution in [-0.2, 0) is 19.9 Å². The molecule has 6 rings (SSSR count). The van der Waals surface area contributed by atoms with E-state index in [4.69, 9.17) is 18.9 Å². The first-order valence-corrected chi connectivity index (χ1v) is 13.7. The molecule has 2 aliphatic heterocycles. The quantitative estimate of drug-likeness (QED) is 0.257. The van der Waals surface area contributed by atoms with Crippen LogP contribution in [0.1, 0.15) is 80.8 Å². The normalized spacial score (nSPS) is 34.0. The number of phenols is 1. The summed E-state index contributed by atoms with van der Waals surface area (Å²) in [6.45, 7) is 2.90. The first kappa shape index (κ1) is 29.5. The maximum absolute atomic E-state index is 14.4. The van der Waals surface area contributed by atoms with Gasteiger partial charge in [0.05, 0.1) is 48.7 Å². The first-order chi connectivity index (χ1) is 20.1. The molecule has 13 nitrogen and oxygen atoms in total. The van der Waals surface area contributed by atoms with Crippen LogP contribution >= 0.6 is 0 Å². The lowest BCUT2D eigenvalue weighted by atomic mass is 9.68. The summed E-state index contributed by atoms with van der Waals surface area (Å²) in [5.74, 6) is -4.75. The summed E-state index contributed by atoms with van der Waals surface area (Å²) in [5, 5.41) is 55.9. The number of aliphatic hydroxyl groups is 4. The highest BCUT2D eigenvalue weighted by Crippen LogP contribution is 2.55. The summed E-state index contributed by atoms with van der Waals surface area (Å²) in [4.78, 5) is 43.0. The summed E-state index contributed by atoms with van der Waals surface area (Å²) >= 11 is 0. The molecular formula is C30H33NO12. The maximum atomic E-state index is 14.4.